The average molecular weight is 278 g/mol. The van der Waals surface area contributed by atoms with E-state index in [0.717, 1.165) is 17.9 Å². The van der Waals surface area contributed by atoms with Crippen molar-refractivity contribution in [2.45, 2.75) is 0 Å². The molecule has 0 atom stereocenters. The highest BCUT2D eigenvalue weighted by atomic mass is 19.1. The van der Waals surface area contributed by atoms with Crippen LogP contribution in [0.5, 0.6) is 11.5 Å². The lowest BCUT2D eigenvalue weighted by Crippen LogP contribution is -2.30. The maximum atomic E-state index is 12.7. The lowest BCUT2D eigenvalue weighted by atomic mass is 9.80. The number of ether oxygens (including phenoxy) is 2. The molecule has 0 saturated heterocycles. The lowest BCUT2D eigenvalue weighted by Gasteiger charge is -2.03. The van der Waals surface area contributed by atoms with Crippen molar-refractivity contribution in [3.05, 3.63) is 54.3 Å². The second-order valence-electron chi connectivity index (χ2n) is 3.82. The monoisotopic (exact) mass is 278 g/mol. The number of rotatable bonds is 3. The quantitative estimate of drug-likeness (QED) is 0.828. The van der Waals surface area contributed by atoms with E-state index in [1.165, 1.54) is 13.2 Å². The molecule has 2 rings (SSSR count). The van der Waals surface area contributed by atoms with Gasteiger partial charge >= 0.3 is 7.12 Å². The molecule has 0 heterocycles. The van der Waals surface area contributed by atoms with Gasteiger partial charge in [0.05, 0.1) is 14.2 Å². The Balaban J connectivity index is 0.000000217. The minimum atomic E-state index is -1.67. The van der Waals surface area contributed by atoms with Gasteiger partial charge < -0.3 is 19.5 Å². The molecule has 0 radical (unpaired) electrons. The molecule has 6 heteroatoms. The van der Waals surface area contributed by atoms with Crippen LogP contribution in [0.3, 0.4) is 0 Å². The Labute approximate surface area is 117 Å². The van der Waals surface area contributed by atoms with E-state index in [-0.39, 0.29) is 11.2 Å². The molecule has 2 aromatic carbocycles. The van der Waals surface area contributed by atoms with E-state index in [0.29, 0.717) is 0 Å². The van der Waals surface area contributed by atoms with E-state index < -0.39 is 12.9 Å². The second-order valence-corrected chi connectivity index (χ2v) is 3.82. The Bertz CT molecular complexity index is 520. The molecular weight excluding hydrogens is 262 g/mol. The Morgan fingerprint density at radius 1 is 0.900 bits per heavy atom. The van der Waals surface area contributed by atoms with Crippen LogP contribution in [0.1, 0.15) is 0 Å². The molecule has 0 aliphatic heterocycles. The van der Waals surface area contributed by atoms with Gasteiger partial charge in [-0.05, 0) is 29.7 Å². The fourth-order valence-electron chi connectivity index (χ4n) is 1.41. The molecule has 20 heavy (non-hydrogen) atoms. The summed E-state index contributed by atoms with van der Waals surface area (Å²) in [4.78, 5) is 0. The molecule has 0 bridgehead atoms. The molecule has 4 nitrogen and oxygen atoms in total. The molecule has 0 amide bonds. The molecule has 0 aliphatic rings. The summed E-state index contributed by atoms with van der Waals surface area (Å²) in [5, 5.41) is 17.4. The molecular formula is C14H16BFO4. The van der Waals surface area contributed by atoms with E-state index in [1.807, 2.05) is 30.3 Å². The molecule has 106 valence electrons. The molecule has 0 spiro atoms. The van der Waals surface area contributed by atoms with E-state index in [9.17, 15) is 4.39 Å². The van der Waals surface area contributed by atoms with Crippen LogP contribution in [0.2, 0.25) is 0 Å². The number of benzene rings is 2. The van der Waals surface area contributed by atoms with Crippen molar-refractivity contribution in [3.8, 4) is 11.5 Å². The minimum absolute atomic E-state index is 0.0758. The van der Waals surface area contributed by atoms with Crippen molar-refractivity contribution in [2.75, 3.05) is 14.2 Å². The van der Waals surface area contributed by atoms with Crippen LogP contribution in [-0.4, -0.2) is 31.4 Å². The van der Waals surface area contributed by atoms with Gasteiger partial charge in [0, 0.05) is 6.07 Å². The van der Waals surface area contributed by atoms with E-state index in [2.05, 4.69) is 0 Å². The van der Waals surface area contributed by atoms with Crippen LogP contribution < -0.4 is 14.9 Å². The third kappa shape index (κ3) is 5.30. The highest BCUT2D eigenvalue weighted by Crippen LogP contribution is 2.09. The average Bonchev–Trinajstić information content (AvgIpc) is 2.48. The van der Waals surface area contributed by atoms with Crippen LogP contribution in [0, 0.1) is 5.82 Å². The Morgan fingerprint density at radius 3 is 1.95 bits per heavy atom. The van der Waals surface area contributed by atoms with E-state index in [1.54, 1.807) is 7.11 Å². The summed E-state index contributed by atoms with van der Waals surface area (Å²) in [6.07, 6.45) is 0. The van der Waals surface area contributed by atoms with Crippen LogP contribution in [0.25, 0.3) is 0 Å². The SMILES string of the molecule is COc1cc(F)cc(B(O)O)c1.COc1ccccc1. The molecule has 0 aliphatic carbocycles. The lowest BCUT2D eigenvalue weighted by molar-refractivity contribution is 0.408. The molecule has 2 aromatic rings. The van der Waals surface area contributed by atoms with Gasteiger partial charge in [-0.25, -0.2) is 4.39 Å². The third-order valence-corrected chi connectivity index (χ3v) is 2.41. The van der Waals surface area contributed by atoms with Gasteiger partial charge in [-0.3, -0.25) is 0 Å². The van der Waals surface area contributed by atoms with Gasteiger partial charge in [0.2, 0.25) is 0 Å². The summed E-state index contributed by atoms with van der Waals surface area (Å²) in [5.41, 5.74) is 0.0758. The van der Waals surface area contributed by atoms with Crippen LogP contribution >= 0.6 is 0 Å². The highest BCUT2D eigenvalue weighted by Gasteiger charge is 2.13. The first kappa shape index (κ1) is 16.0. The Morgan fingerprint density at radius 2 is 1.50 bits per heavy atom. The van der Waals surface area contributed by atoms with Gasteiger partial charge in [-0.2, -0.15) is 0 Å². The summed E-state index contributed by atoms with van der Waals surface area (Å²) in [6.45, 7) is 0. The zero-order valence-corrected chi connectivity index (χ0v) is 11.3. The van der Waals surface area contributed by atoms with Crippen LogP contribution in [0.4, 0.5) is 4.39 Å². The normalized spacial score (nSPS) is 9.25. The van der Waals surface area contributed by atoms with Crippen molar-refractivity contribution < 1.29 is 23.9 Å². The van der Waals surface area contributed by atoms with Gasteiger partial charge in [0.1, 0.15) is 17.3 Å². The first-order valence-electron chi connectivity index (χ1n) is 5.86. The number of methoxy groups -OCH3 is 2. The molecule has 0 unspecified atom stereocenters. The van der Waals surface area contributed by atoms with Crippen molar-refractivity contribution in [1.29, 1.82) is 0 Å². The van der Waals surface area contributed by atoms with Gasteiger partial charge in [0.15, 0.2) is 0 Å². The smallest absolute Gasteiger partial charge is 0.488 e. The van der Waals surface area contributed by atoms with Crippen LogP contribution in [-0.2, 0) is 0 Å². The minimum Gasteiger partial charge on any atom is -0.497 e. The predicted molar refractivity (Wildman–Crippen MR) is 75.8 cm³/mol. The molecule has 0 saturated carbocycles. The highest BCUT2D eigenvalue weighted by molar-refractivity contribution is 6.58. The standard InChI is InChI=1S/C7H8BFO3.C7H8O/c1-12-7-3-5(8(10)11)2-6(9)4-7;1-8-7-5-3-2-4-6-7/h2-4,10-11H,1H3;2-6H,1H3. The number of hydrogen-bond donors (Lipinski definition) is 2. The fraction of sp³-hybridized carbons (Fsp3) is 0.143. The van der Waals surface area contributed by atoms with Gasteiger partial charge in [-0.1, -0.05) is 18.2 Å². The molecule has 0 aromatic heterocycles. The number of halogens is 1. The summed E-state index contributed by atoms with van der Waals surface area (Å²) in [6, 6.07) is 13.2. The predicted octanol–water partition coefficient (Wildman–Crippen LogP) is 1.21. The summed E-state index contributed by atoms with van der Waals surface area (Å²) < 4.78 is 22.3. The summed E-state index contributed by atoms with van der Waals surface area (Å²) in [7, 11) is 1.37. The van der Waals surface area contributed by atoms with E-state index in [4.69, 9.17) is 19.5 Å². The molecule has 2 N–H and O–H groups in total. The van der Waals surface area contributed by atoms with Crippen molar-refractivity contribution in [1.82, 2.24) is 0 Å². The van der Waals surface area contributed by atoms with Gasteiger partial charge in [-0.15, -0.1) is 0 Å². The van der Waals surface area contributed by atoms with Crippen molar-refractivity contribution >= 4 is 12.6 Å². The fourth-order valence-corrected chi connectivity index (χ4v) is 1.41. The zero-order chi connectivity index (χ0) is 15.0. The number of hydrogen-bond acceptors (Lipinski definition) is 4. The maximum Gasteiger partial charge on any atom is 0.488 e. The molecule has 0 fully saturated rings. The number of para-hydroxylation sites is 1. The summed E-state index contributed by atoms with van der Waals surface area (Å²) in [5.74, 6) is 0.614. The summed E-state index contributed by atoms with van der Waals surface area (Å²) >= 11 is 0. The Kier molecular flexibility index (Phi) is 6.56. The van der Waals surface area contributed by atoms with Crippen molar-refractivity contribution in [2.24, 2.45) is 0 Å². The second kappa shape index (κ2) is 8.19. The van der Waals surface area contributed by atoms with E-state index >= 15 is 0 Å². The first-order chi connectivity index (χ1) is 9.56. The topological polar surface area (TPSA) is 58.9 Å². The maximum absolute atomic E-state index is 12.7. The van der Waals surface area contributed by atoms with Gasteiger partial charge in [0.25, 0.3) is 0 Å². The Hall–Kier alpha value is -2.05. The van der Waals surface area contributed by atoms with Crippen molar-refractivity contribution in [3.63, 3.8) is 0 Å². The largest absolute Gasteiger partial charge is 0.497 e. The third-order valence-electron chi connectivity index (χ3n) is 2.41. The van der Waals surface area contributed by atoms with Crippen LogP contribution in [0.15, 0.2) is 48.5 Å². The first-order valence-corrected chi connectivity index (χ1v) is 5.86. The zero-order valence-electron chi connectivity index (χ0n) is 11.3.